The zero-order valence-corrected chi connectivity index (χ0v) is 10.5. The maximum Gasteiger partial charge on any atom is 0.410 e. The number of likely N-dealkylation sites (tertiary alicyclic amines) is 1. The molecule has 3 heteroatoms. The first-order valence-electron chi connectivity index (χ1n) is 5.83. The van der Waals surface area contributed by atoms with Crippen LogP contribution in [0.2, 0.25) is 0 Å². The second-order valence-corrected chi connectivity index (χ2v) is 5.54. The third-order valence-corrected chi connectivity index (χ3v) is 2.72. The summed E-state index contributed by atoms with van der Waals surface area (Å²) in [4.78, 5) is 13.8. The summed E-state index contributed by atoms with van der Waals surface area (Å²) in [5, 5.41) is 0. The minimum absolute atomic E-state index is 0.154. The molecule has 1 heterocycles. The number of hydrogen-bond acceptors (Lipinski definition) is 2. The van der Waals surface area contributed by atoms with Gasteiger partial charge in [-0.1, -0.05) is 13.8 Å². The van der Waals surface area contributed by atoms with Crippen molar-refractivity contribution in [2.75, 3.05) is 6.54 Å². The van der Waals surface area contributed by atoms with Crippen LogP contribution in [-0.2, 0) is 4.74 Å². The second-order valence-electron chi connectivity index (χ2n) is 5.54. The first-order valence-corrected chi connectivity index (χ1v) is 5.83. The molecule has 0 saturated carbocycles. The minimum atomic E-state index is -0.388. The van der Waals surface area contributed by atoms with Gasteiger partial charge in [0.1, 0.15) is 5.60 Å². The summed E-state index contributed by atoms with van der Waals surface area (Å²) < 4.78 is 5.39. The molecule has 1 rings (SSSR count). The molecular formula is C12H23NO2. The molecular weight excluding hydrogens is 190 g/mol. The third-order valence-electron chi connectivity index (χ3n) is 2.72. The summed E-state index contributed by atoms with van der Waals surface area (Å²) >= 11 is 0. The van der Waals surface area contributed by atoms with Crippen LogP contribution in [0.5, 0.6) is 0 Å². The molecule has 88 valence electrons. The van der Waals surface area contributed by atoms with E-state index in [1.807, 2.05) is 25.7 Å². The molecule has 1 aliphatic rings. The van der Waals surface area contributed by atoms with Gasteiger partial charge in [0, 0.05) is 12.6 Å². The van der Waals surface area contributed by atoms with Crippen molar-refractivity contribution >= 4 is 6.09 Å². The van der Waals surface area contributed by atoms with Crippen molar-refractivity contribution < 1.29 is 9.53 Å². The lowest BCUT2D eigenvalue weighted by Crippen LogP contribution is -2.39. The van der Waals surface area contributed by atoms with Gasteiger partial charge in [-0.15, -0.1) is 0 Å². The van der Waals surface area contributed by atoms with Crippen molar-refractivity contribution in [3.05, 3.63) is 0 Å². The maximum atomic E-state index is 11.9. The summed E-state index contributed by atoms with van der Waals surface area (Å²) in [7, 11) is 0. The van der Waals surface area contributed by atoms with E-state index < -0.39 is 0 Å². The lowest BCUT2D eigenvalue weighted by molar-refractivity contribution is 0.0219. The molecule has 2 atom stereocenters. The van der Waals surface area contributed by atoms with Crippen molar-refractivity contribution in [3.63, 3.8) is 0 Å². The molecule has 1 fully saturated rings. The Kier molecular flexibility index (Phi) is 3.63. The van der Waals surface area contributed by atoms with Gasteiger partial charge in [-0.3, -0.25) is 0 Å². The van der Waals surface area contributed by atoms with Crippen LogP contribution in [0.1, 0.15) is 47.5 Å². The predicted octanol–water partition coefficient (Wildman–Crippen LogP) is 3.04. The molecule has 0 aromatic rings. The van der Waals surface area contributed by atoms with Gasteiger partial charge in [-0.25, -0.2) is 4.79 Å². The molecule has 2 unspecified atom stereocenters. The quantitative estimate of drug-likeness (QED) is 0.670. The summed E-state index contributed by atoms with van der Waals surface area (Å²) in [6, 6.07) is 0.370. The fourth-order valence-corrected chi connectivity index (χ4v) is 2.08. The molecule has 0 N–H and O–H groups in total. The number of hydrogen-bond donors (Lipinski definition) is 0. The minimum Gasteiger partial charge on any atom is -0.444 e. The Bertz CT molecular complexity index is 232. The fraction of sp³-hybridized carbons (Fsp3) is 0.917. The van der Waals surface area contributed by atoms with Gasteiger partial charge < -0.3 is 9.64 Å². The molecule has 0 bridgehead atoms. The van der Waals surface area contributed by atoms with Crippen LogP contribution < -0.4 is 0 Å². The maximum absolute atomic E-state index is 11.9. The monoisotopic (exact) mass is 213 g/mol. The molecule has 1 saturated heterocycles. The molecule has 0 aromatic carbocycles. The lowest BCUT2D eigenvalue weighted by Gasteiger charge is -2.28. The van der Waals surface area contributed by atoms with Crippen LogP contribution in [0.3, 0.4) is 0 Å². The Morgan fingerprint density at radius 2 is 2.07 bits per heavy atom. The van der Waals surface area contributed by atoms with Gasteiger partial charge in [-0.2, -0.15) is 0 Å². The predicted molar refractivity (Wildman–Crippen MR) is 60.8 cm³/mol. The van der Waals surface area contributed by atoms with Gasteiger partial charge in [0.2, 0.25) is 0 Å². The Balaban J connectivity index is 2.59. The van der Waals surface area contributed by atoms with Crippen LogP contribution in [-0.4, -0.2) is 29.2 Å². The van der Waals surface area contributed by atoms with Crippen molar-refractivity contribution in [1.82, 2.24) is 4.90 Å². The first-order chi connectivity index (χ1) is 6.83. The second kappa shape index (κ2) is 4.42. The van der Waals surface area contributed by atoms with Crippen LogP contribution in [0.4, 0.5) is 4.79 Å². The summed E-state index contributed by atoms with van der Waals surface area (Å²) in [5.74, 6) is 0.600. The lowest BCUT2D eigenvalue weighted by atomic mass is 10.1. The Morgan fingerprint density at radius 1 is 1.47 bits per heavy atom. The Hall–Kier alpha value is -0.730. The van der Waals surface area contributed by atoms with Gasteiger partial charge in [0.05, 0.1) is 0 Å². The van der Waals surface area contributed by atoms with E-state index in [0.717, 1.165) is 19.4 Å². The van der Waals surface area contributed by atoms with Crippen LogP contribution in [0.15, 0.2) is 0 Å². The smallest absolute Gasteiger partial charge is 0.410 e. The highest BCUT2D eigenvalue weighted by Gasteiger charge is 2.34. The van der Waals surface area contributed by atoms with Gasteiger partial charge in [-0.05, 0) is 39.5 Å². The van der Waals surface area contributed by atoms with Gasteiger partial charge in [0.15, 0.2) is 0 Å². The summed E-state index contributed by atoms with van der Waals surface area (Å²) in [6.07, 6.45) is 1.97. The number of carbonyl (C=O) groups excluding carboxylic acids is 1. The van der Waals surface area contributed by atoms with Crippen LogP contribution >= 0.6 is 0 Å². The van der Waals surface area contributed by atoms with E-state index >= 15 is 0 Å². The fourth-order valence-electron chi connectivity index (χ4n) is 2.08. The van der Waals surface area contributed by atoms with Gasteiger partial charge >= 0.3 is 6.09 Å². The van der Waals surface area contributed by atoms with Crippen LogP contribution in [0.25, 0.3) is 0 Å². The first kappa shape index (κ1) is 12.3. The number of amides is 1. The normalized spacial score (nSPS) is 26.9. The molecule has 1 aliphatic heterocycles. The van der Waals surface area contributed by atoms with Crippen molar-refractivity contribution in [1.29, 1.82) is 0 Å². The Morgan fingerprint density at radius 3 is 2.53 bits per heavy atom. The number of carbonyl (C=O) groups is 1. The number of rotatable bonds is 1. The SMILES string of the molecule is CCC1CC(C)CN1C(=O)OC(C)(C)C. The zero-order valence-electron chi connectivity index (χ0n) is 10.5. The van der Waals surface area contributed by atoms with E-state index in [1.165, 1.54) is 0 Å². The van der Waals surface area contributed by atoms with Gasteiger partial charge in [0.25, 0.3) is 0 Å². The van der Waals surface area contributed by atoms with E-state index in [1.54, 1.807) is 0 Å². The van der Waals surface area contributed by atoms with E-state index in [4.69, 9.17) is 4.74 Å². The molecule has 0 aromatic heterocycles. The molecule has 0 aliphatic carbocycles. The van der Waals surface area contributed by atoms with Crippen molar-refractivity contribution in [2.24, 2.45) is 5.92 Å². The van der Waals surface area contributed by atoms with E-state index in [0.29, 0.717) is 12.0 Å². The summed E-state index contributed by atoms with van der Waals surface area (Å²) in [6.45, 7) is 10.9. The topological polar surface area (TPSA) is 29.5 Å². The molecule has 15 heavy (non-hydrogen) atoms. The summed E-state index contributed by atoms with van der Waals surface area (Å²) in [5.41, 5.74) is -0.388. The average molecular weight is 213 g/mol. The molecule has 0 spiro atoms. The van der Waals surface area contributed by atoms with E-state index in [2.05, 4.69) is 13.8 Å². The van der Waals surface area contributed by atoms with Crippen molar-refractivity contribution in [2.45, 2.75) is 59.1 Å². The van der Waals surface area contributed by atoms with E-state index in [-0.39, 0.29) is 11.7 Å². The number of ether oxygens (including phenoxy) is 1. The average Bonchev–Trinajstić information content (AvgIpc) is 2.43. The van der Waals surface area contributed by atoms with Crippen molar-refractivity contribution in [3.8, 4) is 0 Å². The Labute approximate surface area is 92.8 Å². The third kappa shape index (κ3) is 3.40. The molecule has 1 amide bonds. The molecule has 3 nitrogen and oxygen atoms in total. The zero-order chi connectivity index (χ0) is 11.6. The number of nitrogens with zero attached hydrogens (tertiary/aromatic N) is 1. The largest absolute Gasteiger partial charge is 0.444 e. The molecule has 0 radical (unpaired) electrons. The standard InChI is InChI=1S/C12H23NO2/c1-6-10-7-9(2)8-13(10)11(14)15-12(3,4)5/h9-10H,6-8H2,1-5H3. The highest BCUT2D eigenvalue weighted by Crippen LogP contribution is 2.26. The highest BCUT2D eigenvalue weighted by atomic mass is 16.6. The van der Waals surface area contributed by atoms with E-state index in [9.17, 15) is 4.79 Å². The highest BCUT2D eigenvalue weighted by molar-refractivity contribution is 5.69. The van der Waals surface area contributed by atoms with Crippen LogP contribution in [0, 0.1) is 5.92 Å².